The zero-order valence-electron chi connectivity index (χ0n) is 33.4. The highest BCUT2D eigenvalue weighted by molar-refractivity contribution is 6.31. The summed E-state index contributed by atoms with van der Waals surface area (Å²) in [6.07, 6.45) is 0. The van der Waals surface area contributed by atoms with Crippen LogP contribution in [0.15, 0.2) is 186 Å². The molecule has 0 aliphatic heterocycles. The normalized spacial score (nSPS) is 12.1. The fraction of sp³-hybridized carbons (Fsp3) is 0.0545. The lowest BCUT2D eigenvalue weighted by molar-refractivity contribution is 0.627. The maximum Gasteiger partial charge on any atom is 0.137 e. The SMILES string of the molecule is CC(C)c1cc2c3ccc(N(c4ccccc4)c4ccc(F)cc4)cc3n3c4c5ccc6oc7cc(N(c8ccccc8)c8ccc(F)cc8)ccc7c6c5ccc4c(c1)c23. The minimum atomic E-state index is -0.278. The molecule has 0 N–H and O–H groups in total. The Kier molecular flexibility index (Phi) is 7.75. The Hall–Kier alpha value is -7.70. The largest absolute Gasteiger partial charge is 0.456 e. The van der Waals surface area contributed by atoms with Crippen LogP contribution in [0.25, 0.3) is 70.8 Å². The van der Waals surface area contributed by atoms with Gasteiger partial charge in [-0.05, 0) is 138 Å². The molecule has 0 amide bonds. The van der Waals surface area contributed by atoms with E-state index in [0.717, 1.165) is 77.9 Å². The van der Waals surface area contributed by atoms with Gasteiger partial charge in [-0.25, -0.2) is 8.78 Å². The van der Waals surface area contributed by atoms with E-state index < -0.39 is 0 Å². The van der Waals surface area contributed by atoms with Gasteiger partial charge in [0.2, 0.25) is 0 Å². The lowest BCUT2D eigenvalue weighted by Gasteiger charge is -2.25. The van der Waals surface area contributed by atoms with Gasteiger partial charge in [0.05, 0.1) is 16.6 Å². The summed E-state index contributed by atoms with van der Waals surface area (Å²) in [5.74, 6) is -0.202. The second kappa shape index (κ2) is 13.4. The number of benzene rings is 9. The molecule has 12 aromatic rings. The summed E-state index contributed by atoms with van der Waals surface area (Å²) in [6.45, 7) is 4.51. The molecule has 9 aromatic carbocycles. The third kappa shape index (κ3) is 5.42. The first-order valence-electron chi connectivity index (χ1n) is 20.7. The van der Waals surface area contributed by atoms with Crippen molar-refractivity contribution in [1.29, 1.82) is 0 Å². The van der Waals surface area contributed by atoms with Gasteiger partial charge in [0.15, 0.2) is 0 Å². The molecule has 3 heterocycles. The van der Waals surface area contributed by atoms with Gasteiger partial charge in [-0.2, -0.15) is 0 Å². The Morgan fingerprint density at radius 1 is 0.410 bits per heavy atom. The summed E-state index contributed by atoms with van der Waals surface area (Å²) in [5.41, 5.74) is 11.9. The zero-order valence-corrected chi connectivity index (χ0v) is 33.4. The Labute approximate surface area is 350 Å². The summed E-state index contributed by atoms with van der Waals surface area (Å²) < 4.78 is 37.5. The Morgan fingerprint density at radius 3 is 1.48 bits per heavy atom. The number of rotatable bonds is 7. The number of anilines is 6. The first kappa shape index (κ1) is 35.3. The van der Waals surface area contributed by atoms with Crippen LogP contribution < -0.4 is 9.80 Å². The topological polar surface area (TPSA) is 24.0 Å². The van der Waals surface area contributed by atoms with E-state index in [4.69, 9.17) is 4.42 Å². The van der Waals surface area contributed by atoms with Crippen molar-refractivity contribution in [1.82, 2.24) is 4.40 Å². The maximum absolute atomic E-state index is 14.3. The van der Waals surface area contributed by atoms with E-state index in [9.17, 15) is 8.78 Å². The molecule has 0 radical (unpaired) electrons. The predicted octanol–water partition coefficient (Wildman–Crippen LogP) is 16.2. The molecule has 0 fully saturated rings. The van der Waals surface area contributed by atoms with E-state index in [1.807, 2.05) is 48.5 Å². The second-order valence-corrected chi connectivity index (χ2v) is 16.2. The molecule has 6 heteroatoms. The van der Waals surface area contributed by atoms with Crippen LogP contribution in [0.5, 0.6) is 0 Å². The van der Waals surface area contributed by atoms with Gasteiger partial charge in [0.25, 0.3) is 0 Å². The lowest BCUT2D eigenvalue weighted by atomic mass is 9.96. The van der Waals surface area contributed by atoms with Crippen molar-refractivity contribution in [2.45, 2.75) is 19.8 Å². The van der Waals surface area contributed by atoms with Gasteiger partial charge in [0, 0.05) is 77.9 Å². The lowest BCUT2D eigenvalue weighted by Crippen LogP contribution is -2.09. The van der Waals surface area contributed by atoms with E-state index in [1.165, 1.54) is 56.9 Å². The highest BCUT2D eigenvalue weighted by atomic mass is 19.1. The predicted molar refractivity (Wildman–Crippen MR) is 249 cm³/mol. The monoisotopic (exact) mass is 793 g/mol. The van der Waals surface area contributed by atoms with Crippen molar-refractivity contribution < 1.29 is 13.2 Å². The van der Waals surface area contributed by atoms with Gasteiger partial charge >= 0.3 is 0 Å². The summed E-state index contributed by atoms with van der Waals surface area (Å²) in [6, 6.07) is 60.3. The maximum atomic E-state index is 14.3. The molecule has 0 unspecified atom stereocenters. The molecule has 12 rings (SSSR count). The van der Waals surface area contributed by atoms with E-state index in [2.05, 4.69) is 125 Å². The zero-order chi connectivity index (χ0) is 40.9. The summed E-state index contributed by atoms with van der Waals surface area (Å²) in [7, 11) is 0. The molecule has 292 valence electrons. The van der Waals surface area contributed by atoms with Crippen LogP contribution >= 0.6 is 0 Å². The number of fused-ring (bicyclic) bond motifs is 12. The molecule has 0 saturated carbocycles. The van der Waals surface area contributed by atoms with Gasteiger partial charge in [-0.3, -0.25) is 0 Å². The highest BCUT2D eigenvalue weighted by Gasteiger charge is 2.24. The standard InChI is InChI=1S/C55H37F2N3O/c1-33(2)34-29-48-43-23-21-41(58(37-9-5-3-6-10-37)39-17-13-35(56)14-18-39)31-50(43)60-54-45-27-28-51-53(44(45)25-26-46(54)49(30-34)55(48)60)47-24-22-42(32-52(47)61-51)59(38-11-7-4-8-12-38)40-19-15-36(57)16-20-40/h3-33H,1-2H3. The number of furan rings is 1. The molecule has 3 aromatic heterocycles. The first-order chi connectivity index (χ1) is 29.9. The number of hydrogen-bond acceptors (Lipinski definition) is 3. The molecule has 0 atom stereocenters. The number of para-hydroxylation sites is 2. The number of halogens is 2. The highest BCUT2D eigenvalue weighted by Crippen LogP contribution is 2.47. The third-order valence-electron chi connectivity index (χ3n) is 12.4. The van der Waals surface area contributed by atoms with Crippen LogP contribution in [0.3, 0.4) is 0 Å². The molecule has 0 bridgehead atoms. The van der Waals surface area contributed by atoms with Crippen LogP contribution in [0.1, 0.15) is 25.3 Å². The van der Waals surface area contributed by atoms with Gasteiger partial charge < -0.3 is 18.6 Å². The molecule has 4 nitrogen and oxygen atoms in total. The van der Waals surface area contributed by atoms with Crippen molar-refractivity contribution in [2.24, 2.45) is 0 Å². The fourth-order valence-electron chi connectivity index (χ4n) is 9.55. The second-order valence-electron chi connectivity index (χ2n) is 16.2. The number of aromatic nitrogens is 1. The van der Waals surface area contributed by atoms with Crippen LogP contribution in [0.4, 0.5) is 42.9 Å². The average molecular weight is 794 g/mol. The van der Waals surface area contributed by atoms with Crippen LogP contribution in [0.2, 0.25) is 0 Å². The Morgan fingerprint density at radius 2 is 0.869 bits per heavy atom. The minimum Gasteiger partial charge on any atom is -0.456 e. The van der Waals surface area contributed by atoms with Crippen LogP contribution in [-0.4, -0.2) is 4.40 Å². The van der Waals surface area contributed by atoms with Gasteiger partial charge in [-0.15, -0.1) is 0 Å². The quantitative estimate of drug-likeness (QED) is 0.161. The Balaban J connectivity index is 1.11. The van der Waals surface area contributed by atoms with E-state index in [-0.39, 0.29) is 11.6 Å². The Bertz CT molecular complexity index is 3630. The average Bonchev–Trinajstić information content (AvgIpc) is 3.95. The molecule has 0 saturated heterocycles. The van der Waals surface area contributed by atoms with E-state index in [1.54, 1.807) is 12.1 Å². The third-order valence-corrected chi connectivity index (χ3v) is 12.4. The molecular formula is C55H37F2N3O. The van der Waals surface area contributed by atoms with Crippen molar-refractivity contribution >= 4 is 105 Å². The van der Waals surface area contributed by atoms with Crippen molar-refractivity contribution in [3.63, 3.8) is 0 Å². The van der Waals surface area contributed by atoms with E-state index in [0.29, 0.717) is 5.92 Å². The van der Waals surface area contributed by atoms with Crippen molar-refractivity contribution in [2.75, 3.05) is 9.80 Å². The van der Waals surface area contributed by atoms with Gasteiger partial charge in [0.1, 0.15) is 22.8 Å². The summed E-state index contributed by atoms with van der Waals surface area (Å²) in [4.78, 5) is 4.30. The fourth-order valence-corrected chi connectivity index (χ4v) is 9.55. The summed E-state index contributed by atoms with van der Waals surface area (Å²) >= 11 is 0. The molecule has 61 heavy (non-hydrogen) atoms. The molecule has 0 spiro atoms. The van der Waals surface area contributed by atoms with Gasteiger partial charge in [-0.1, -0.05) is 68.4 Å². The minimum absolute atomic E-state index is 0.269. The van der Waals surface area contributed by atoms with Crippen LogP contribution in [0, 0.1) is 11.6 Å². The van der Waals surface area contributed by atoms with Crippen molar-refractivity contribution in [3.05, 3.63) is 199 Å². The molecule has 0 aliphatic carbocycles. The molecule has 0 aliphatic rings. The van der Waals surface area contributed by atoms with E-state index >= 15 is 0 Å². The number of hydrogen-bond donors (Lipinski definition) is 0. The van der Waals surface area contributed by atoms with Crippen LogP contribution in [-0.2, 0) is 0 Å². The summed E-state index contributed by atoms with van der Waals surface area (Å²) in [5, 5.41) is 9.19. The first-order valence-corrected chi connectivity index (χ1v) is 20.7. The van der Waals surface area contributed by atoms with Crippen molar-refractivity contribution in [3.8, 4) is 0 Å². The molecular weight excluding hydrogens is 757 g/mol. The number of nitrogens with zero attached hydrogens (tertiary/aromatic N) is 3. The smallest absolute Gasteiger partial charge is 0.137 e.